The van der Waals surface area contributed by atoms with Crippen molar-refractivity contribution in [2.75, 3.05) is 13.2 Å². The molecule has 0 saturated heterocycles. The van der Waals surface area contributed by atoms with Gasteiger partial charge in [0.1, 0.15) is 11.3 Å². The van der Waals surface area contributed by atoms with Crippen molar-refractivity contribution in [3.63, 3.8) is 0 Å². The quantitative estimate of drug-likeness (QED) is 0.666. The molecule has 0 aromatic carbocycles. The minimum Gasteiger partial charge on any atom is -0.478 e. The molecule has 0 bridgehead atoms. The zero-order valence-corrected chi connectivity index (χ0v) is 9.61. The van der Waals surface area contributed by atoms with Crippen LogP contribution in [0.25, 0.3) is 0 Å². The minimum absolute atomic E-state index is 0.211. The van der Waals surface area contributed by atoms with Gasteiger partial charge < -0.3 is 19.9 Å². The fourth-order valence-corrected chi connectivity index (χ4v) is 2.04. The normalized spacial score (nSPS) is 17.0. The maximum absolute atomic E-state index is 10.8. The number of carboxylic acid groups (broad SMARTS) is 1. The Morgan fingerprint density at radius 3 is 2.88 bits per heavy atom. The molecule has 1 aromatic heterocycles. The van der Waals surface area contributed by atoms with E-state index in [1.807, 2.05) is 0 Å². The van der Waals surface area contributed by atoms with Crippen LogP contribution < -0.4 is 5.32 Å². The first-order valence-electron chi connectivity index (χ1n) is 5.78. The highest BCUT2D eigenvalue weighted by Crippen LogP contribution is 2.47. The van der Waals surface area contributed by atoms with E-state index in [0.29, 0.717) is 12.3 Å². The van der Waals surface area contributed by atoms with Crippen molar-refractivity contribution in [2.45, 2.75) is 25.8 Å². The number of furan rings is 1. The van der Waals surface area contributed by atoms with Crippen LogP contribution in [0.2, 0.25) is 0 Å². The summed E-state index contributed by atoms with van der Waals surface area (Å²) in [5.41, 5.74) is 0.439. The molecule has 5 heteroatoms. The summed E-state index contributed by atoms with van der Waals surface area (Å²) in [7, 11) is 0. The van der Waals surface area contributed by atoms with Crippen LogP contribution in [0.1, 0.15) is 35.4 Å². The summed E-state index contributed by atoms with van der Waals surface area (Å²) >= 11 is 0. The van der Waals surface area contributed by atoms with Crippen molar-refractivity contribution in [1.82, 2.24) is 5.32 Å². The van der Waals surface area contributed by atoms with Gasteiger partial charge in [-0.05, 0) is 30.7 Å². The molecule has 1 aliphatic rings. The van der Waals surface area contributed by atoms with E-state index in [2.05, 4.69) is 5.32 Å². The summed E-state index contributed by atoms with van der Waals surface area (Å²) in [5.74, 6) is -0.510. The third kappa shape index (κ3) is 2.87. The fourth-order valence-electron chi connectivity index (χ4n) is 2.04. The van der Waals surface area contributed by atoms with Gasteiger partial charge in [-0.1, -0.05) is 0 Å². The highest BCUT2D eigenvalue weighted by Gasteiger charge is 2.41. The van der Waals surface area contributed by atoms with E-state index in [-0.39, 0.29) is 17.6 Å². The second kappa shape index (κ2) is 4.89. The molecular formula is C12H17NO4. The van der Waals surface area contributed by atoms with Gasteiger partial charge in [0.2, 0.25) is 0 Å². The van der Waals surface area contributed by atoms with E-state index in [4.69, 9.17) is 14.6 Å². The summed E-state index contributed by atoms with van der Waals surface area (Å²) in [6.07, 6.45) is 4.46. The number of aliphatic hydroxyl groups excluding tert-OH is 1. The average Bonchev–Trinajstić information content (AvgIpc) is 2.88. The number of hydrogen-bond acceptors (Lipinski definition) is 4. The van der Waals surface area contributed by atoms with Crippen LogP contribution in [-0.2, 0) is 6.54 Å². The molecule has 3 N–H and O–H groups in total. The number of aromatic carboxylic acids is 1. The van der Waals surface area contributed by atoms with Gasteiger partial charge >= 0.3 is 5.97 Å². The molecule has 0 atom stereocenters. The second-order valence-corrected chi connectivity index (χ2v) is 4.64. The lowest BCUT2D eigenvalue weighted by atomic mass is 10.0. The SMILES string of the molecule is O=C(O)c1ccoc1CNCC1(CCO)CC1. The molecule has 1 aliphatic carbocycles. The van der Waals surface area contributed by atoms with Crippen LogP contribution in [0, 0.1) is 5.41 Å². The second-order valence-electron chi connectivity index (χ2n) is 4.64. The average molecular weight is 239 g/mol. The molecule has 1 saturated carbocycles. The van der Waals surface area contributed by atoms with E-state index in [1.165, 1.54) is 12.3 Å². The van der Waals surface area contributed by atoms with Gasteiger partial charge in [-0.15, -0.1) is 0 Å². The first-order valence-corrected chi connectivity index (χ1v) is 5.78. The van der Waals surface area contributed by atoms with Crippen molar-refractivity contribution in [1.29, 1.82) is 0 Å². The third-order valence-electron chi connectivity index (χ3n) is 3.36. The molecule has 1 aromatic rings. The summed E-state index contributed by atoms with van der Waals surface area (Å²) < 4.78 is 5.13. The molecule has 1 heterocycles. The molecule has 17 heavy (non-hydrogen) atoms. The van der Waals surface area contributed by atoms with Crippen molar-refractivity contribution in [3.8, 4) is 0 Å². The van der Waals surface area contributed by atoms with Crippen molar-refractivity contribution in [3.05, 3.63) is 23.7 Å². The molecular weight excluding hydrogens is 222 g/mol. The molecule has 5 nitrogen and oxygen atoms in total. The number of carbonyl (C=O) groups is 1. The monoisotopic (exact) mass is 239 g/mol. The van der Waals surface area contributed by atoms with E-state index in [1.54, 1.807) is 0 Å². The molecule has 0 amide bonds. The van der Waals surface area contributed by atoms with Crippen LogP contribution in [0.3, 0.4) is 0 Å². The van der Waals surface area contributed by atoms with E-state index < -0.39 is 5.97 Å². The number of rotatable bonds is 7. The lowest BCUT2D eigenvalue weighted by Gasteiger charge is -2.13. The van der Waals surface area contributed by atoms with Crippen LogP contribution in [0.15, 0.2) is 16.7 Å². The molecule has 0 spiro atoms. The maximum atomic E-state index is 10.8. The van der Waals surface area contributed by atoms with Crippen LogP contribution in [0.5, 0.6) is 0 Å². The Morgan fingerprint density at radius 1 is 1.53 bits per heavy atom. The Kier molecular flexibility index (Phi) is 3.49. The van der Waals surface area contributed by atoms with Crippen molar-refractivity contribution in [2.24, 2.45) is 5.41 Å². The first kappa shape index (κ1) is 12.1. The number of carboxylic acids is 1. The number of nitrogens with one attached hydrogen (secondary N) is 1. The topological polar surface area (TPSA) is 82.7 Å². The van der Waals surface area contributed by atoms with Gasteiger partial charge in [0.25, 0.3) is 0 Å². The van der Waals surface area contributed by atoms with Gasteiger partial charge in [-0.2, -0.15) is 0 Å². The summed E-state index contributed by atoms with van der Waals surface area (Å²) in [6.45, 7) is 1.43. The molecule has 94 valence electrons. The first-order chi connectivity index (χ1) is 8.17. The number of aliphatic hydroxyl groups is 1. The summed E-state index contributed by atoms with van der Waals surface area (Å²) in [5, 5.41) is 21.0. The Labute approximate surface area is 99.4 Å². The predicted molar refractivity (Wildman–Crippen MR) is 60.7 cm³/mol. The minimum atomic E-state index is -0.966. The lowest BCUT2D eigenvalue weighted by molar-refractivity contribution is 0.0694. The van der Waals surface area contributed by atoms with Gasteiger partial charge in [0.15, 0.2) is 0 Å². The third-order valence-corrected chi connectivity index (χ3v) is 3.36. The standard InChI is InChI=1S/C12H17NO4/c14-5-4-12(2-3-12)8-13-7-10-9(11(15)16)1-6-17-10/h1,6,13-14H,2-5,7-8H2,(H,15,16). The van der Waals surface area contributed by atoms with Crippen LogP contribution in [0.4, 0.5) is 0 Å². The molecule has 0 unspecified atom stereocenters. The Bertz CT molecular complexity index is 395. The Morgan fingerprint density at radius 2 is 2.29 bits per heavy atom. The summed E-state index contributed by atoms with van der Waals surface area (Å²) in [6, 6.07) is 1.46. The van der Waals surface area contributed by atoms with Gasteiger partial charge in [0.05, 0.1) is 12.8 Å². The Hall–Kier alpha value is -1.33. The zero-order valence-electron chi connectivity index (χ0n) is 9.61. The van der Waals surface area contributed by atoms with E-state index in [0.717, 1.165) is 25.8 Å². The molecule has 0 aliphatic heterocycles. The smallest absolute Gasteiger partial charge is 0.339 e. The van der Waals surface area contributed by atoms with E-state index >= 15 is 0 Å². The van der Waals surface area contributed by atoms with E-state index in [9.17, 15) is 4.79 Å². The van der Waals surface area contributed by atoms with Crippen LogP contribution >= 0.6 is 0 Å². The highest BCUT2D eigenvalue weighted by atomic mass is 16.4. The van der Waals surface area contributed by atoms with Gasteiger partial charge in [-0.3, -0.25) is 0 Å². The predicted octanol–water partition coefficient (Wildman–Crippen LogP) is 1.23. The Balaban J connectivity index is 1.82. The molecule has 1 fully saturated rings. The van der Waals surface area contributed by atoms with Crippen LogP contribution in [-0.4, -0.2) is 29.3 Å². The highest BCUT2D eigenvalue weighted by molar-refractivity contribution is 5.88. The van der Waals surface area contributed by atoms with Gasteiger partial charge in [0, 0.05) is 13.2 Å². The largest absolute Gasteiger partial charge is 0.478 e. The fraction of sp³-hybridized carbons (Fsp3) is 0.583. The summed E-state index contributed by atoms with van der Waals surface area (Å²) in [4.78, 5) is 10.8. The van der Waals surface area contributed by atoms with Crippen molar-refractivity contribution < 1.29 is 19.4 Å². The van der Waals surface area contributed by atoms with Crippen molar-refractivity contribution >= 4 is 5.97 Å². The lowest BCUT2D eigenvalue weighted by Crippen LogP contribution is -2.24. The molecule has 0 radical (unpaired) electrons. The maximum Gasteiger partial charge on any atom is 0.339 e. The zero-order chi connectivity index (χ0) is 12.3. The molecule has 2 rings (SSSR count). The number of hydrogen-bond donors (Lipinski definition) is 3. The van der Waals surface area contributed by atoms with Gasteiger partial charge in [-0.25, -0.2) is 4.79 Å².